The molecular formula is C23H37N3O. The standard InChI is InChI=1S/C23H37N3O/c1-2-15-26(23(27)24-18-20-9-5-3-6-10-20)22-13-16-25(17-14-22)19-21-11-7-4-8-12-21/h4,7-8,11-12,20,22H,2-3,5-6,9-10,13-19H2,1H3,(H,24,27). The van der Waals surface area contributed by atoms with Gasteiger partial charge < -0.3 is 10.2 Å². The number of hydrogen-bond donors (Lipinski definition) is 1. The second kappa shape index (κ2) is 10.7. The molecule has 0 unspecified atom stereocenters. The summed E-state index contributed by atoms with van der Waals surface area (Å²) >= 11 is 0. The van der Waals surface area contributed by atoms with Gasteiger partial charge >= 0.3 is 6.03 Å². The second-order valence-electron chi connectivity index (χ2n) is 8.38. The Bertz CT molecular complexity index is 548. The number of amides is 2. The van der Waals surface area contributed by atoms with Crippen molar-refractivity contribution in [2.45, 2.75) is 70.9 Å². The van der Waals surface area contributed by atoms with E-state index in [1.807, 2.05) is 0 Å². The molecule has 2 fully saturated rings. The van der Waals surface area contributed by atoms with Crippen LogP contribution < -0.4 is 5.32 Å². The summed E-state index contributed by atoms with van der Waals surface area (Å²) in [5.41, 5.74) is 1.38. The highest BCUT2D eigenvalue weighted by Crippen LogP contribution is 2.23. The zero-order chi connectivity index (χ0) is 18.9. The second-order valence-corrected chi connectivity index (χ2v) is 8.38. The van der Waals surface area contributed by atoms with Crippen molar-refractivity contribution >= 4 is 6.03 Å². The van der Waals surface area contributed by atoms with Gasteiger partial charge in [0.25, 0.3) is 0 Å². The number of hydrogen-bond acceptors (Lipinski definition) is 2. The van der Waals surface area contributed by atoms with E-state index in [4.69, 9.17) is 0 Å². The van der Waals surface area contributed by atoms with E-state index in [1.54, 1.807) is 0 Å². The quantitative estimate of drug-likeness (QED) is 0.757. The minimum Gasteiger partial charge on any atom is -0.338 e. The zero-order valence-electron chi connectivity index (χ0n) is 17.0. The fourth-order valence-electron chi connectivity index (χ4n) is 4.65. The van der Waals surface area contributed by atoms with Crippen LogP contribution in [0.15, 0.2) is 30.3 Å². The minimum atomic E-state index is 0.170. The van der Waals surface area contributed by atoms with Crippen molar-refractivity contribution in [1.29, 1.82) is 0 Å². The van der Waals surface area contributed by atoms with Crippen molar-refractivity contribution in [1.82, 2.24) is 15.1 Å². The van der Waals surface area contributed by atoms with Crippen LogP contribution in [0.4, 0.5) is 4.79 Å². The molecule has 1 aromatic rings. The first-order valence-electron chi connectivity index (χ1n) is 11.1. The lowest BCUT2D eigenvalue weighted by molar-refractivity contribution is 0.116. The molecule has 2 amide bonds. The maximum atomic E-state index is 12.8. The molecule has 0 spiro atoms. The summed E-state index contributed by atoms with van der Waals surface area (Å²) in [6.07, 6.45) is 9.80. The fourth-order valence-corrected chi connectivity index (χ4v) is 4.65. The van der Waals surface area contributed by atoms with Gasteiger partial charge in [-0.15, -0.1) is 0 Å². The highest BCUT2D eigenvalue weighted by Gasteiger charge is 2.27. The van der Waals surface area contributed by atoms with Gasteiger partial charge in [-0.2, -0.15) is 0 Å². The summed E-state index contributed by atoms with van der Waals surface area (Å²) in [5.74, 6) is 0.693. The average Bonchev–Trinajstić information content (AvgIpc) is 2.72. The summed E-state index contributed by atoms with van der Waals surface area (Å²) in [6.45, 7) is 7.10. The first kappa shape index (κ1) is 20.2. The van der Waals surface area contributed by atoms with Gasteiger partial charge in [-0.25, -0.2) is 4.79 Å². The number of nitrogens with zero attached hydrogens (tertiary/aromatic N) is 2. The molecule has 0 radical (unpaired) electrons. The Hall–Kier alpha value is -1.55. The lowest BCUT2D eigenvalue weighted by Gasteiger charge is -2.38. The molecule has 0 atom stereocenters. The Morgan fingerprint density at radius 2 is 1.78 bits per heavy atom. The van der Waals surface area contributed by atoms with Crippen molar-refractivity contribution in [2.24, 2.45) is 5.92 Å². The molecule has 150 valence electrons. The third-order valence-electron chi connectivity index (χ3n) is 6.24. The van der Waals surface area contributed by atoms with E-state index >= 15 is 0 Å². The van der Waals surface area contributed by atoms with E-state index in [0.29, 0.717) is 12.0 Å². The van der Waals surface area contributed by atoms with E-state index in [2.05, 4.69) is 52.4 Å². The summed E-state index contributed by atoms with van der Waals surface area (Å²) in [4.78, 5) is 17.5. The van der Waals surface area contributed by atoms with E-state index in [9.17, 15) is 4.79 Å². The van der Waals surface area contributed by atoms with Gasteiger partial charge in [0.1, 0.15) is 0 Å². The van der Waals surface area contributed by atoms with E-state index in [1.165, 1.54) is 37.7 Å². The molecule has 4 nitrogen and oxygen atoms in total. The van der Waals surface area contributed by atoms with Gasteiger partial charge in [-0.3, -0.25) is 4.90 Å². The largest absolute Gasteiger partial charge is 0.338 e. The number of rotatable bonds is 7. The maximum absolute atomic E-state index is 12.8. The molecule has 3 rings (SSSR count). The van der Waals surface area contributed by atoms with Crippen LogP contribution in [0, 0.1) is 5.92 Å². The highest BCUT2D eigenvalue weighted by atomic mass is 16.2. The molecule has 0 bridgehead atoms. The number of benzene rings is 1. The third kappa shape index (κ3) is 6.24. The Labute approximate surface area is 165 Å². The van der Waals surface area contributed by atoms with Crippen LogP contribution in [0.2, 0.25) is 0 Å². The van der Waals surface area contributed by atoms with Crippen LogP contribution in [0.1, 0.15) is 63.9 Å². The van der Waals surface area contributed by atoms with Gasteiger partial charge in [-0.05, 0) is 43.6 Å². The number of carbonyl (C=O) groups is 1. The molecule has 2 aliphatic rings. The van der Waals surface area contributed by atoms with Crippen LogP contribution in [0.5, 0.6) is 0 Å². The molecule has 1 aliphatic heterocycles. The molecule has 1 aromatic carbocycles. The molecule has 0 aromatic heterocycles. The Morgan fingerprint density at radius 1 is 1.07 bits per heavy atom. The third-order valence-corrected chi connectivity index (χ3v) is 6.24. The Morgan fingerprint density at radius 3 is 2.44 bits per heavy atom. The molecule has 1 heterocycles. The van der Waals surface area contributed by atoms with Crippen molar-refractivity contribution in [2.75, 3.05) is 26.2 Å². The van der Waals surface area contributed by atoms with Gasteiger partial charge in [0.05, 0.1) is 0 Å². The normalized spacial score (nSPS) is 19.7. The molecular weight excluding hydrogens is 334 g/mol. The van der Waals surface area contributed by atoms with E-state index in [0.717, 1.165) is 52.0 Å². The number of nitrogens with one attached hydrogen (secondary N) is 1. The predicted molar refractivity (Wildman–Crippen MR) is 112 cm³/mol. The van der Waals surface area contributed by atoms with Gasteiger partial charge in [0, 0.05) is 38.8 Å². The molecule has 1 N–H and O–H groups in total. The lowest BCUT2D eigenvalue weighted by atomic mass is 9.89. The number of likely N-dealkylation sites (tertiary alicyclic amines) is 1. The van der Waals surface area contributed by atoms with Crippen molar-refractivity contribution in [3.8, 4) is 0 Å². The van der Waals surface area contributed by atoms with Crippen LogP contribution in [-0.2, 0) is 6.54 Å². The summed E-state index contributed by atoms with van der Waals surface area (Å²) < 4.78 is 0. The Balaban J connectivity index is 1.46. The van der Waals surface area contributed by atoms with Gasteiger partial charge in [0.15, 0.2) is 0 Å². The predicted octanol–water partition coefficient (Wildman–Crippen LogP) is 4.65. The molecule has 1 saturated carbocycles. The minimum absolute atomic E-state index is 0.170. The lowest BCUT2D eigenvalue weighted by Crippen LogP contribution is -2.51. The summed E-state index contributed by atoms with van der Waals surface area (Å²) in [6, 6.07) is 11.3. The van der Waals surface area contributed by atoms with Gasteiger partial charge in [-0.1, -0.05) is 56.5 Å². The monoisotopic (exact) mass is 371 g/mol. The molecule has 1 aliphatic carbocycles. The number of urea groups is 1. The number of piperidine rings is 1. The first-order valence-corrected chi connectivity index (χ1v) is 11.1. The van der Waals surface area contributed by atoms with E-state index < -0.39 is 0 Å². The van der Waals surface area contributed by atoms with Crippen molar-refractivity contribution in [3.05, 3.63) is 35.9 Å². The average molecular weight is 372 g/mol. The fraction of sp³-hybridized carbons (Fsp3) is 0.696. The maximum Gasteiger partial charge on any atom is 0.317 e. The van der Waals surface area contributed by atoms with Crippen LogP contribution in [0.25, 0.3) is 0 Å². The SMILES string of the molecule is CCCN(C(=O)NCC1CCCCC1)C1CCN(Cc2ccccc2)CC1. The Kier molecular flexibility index (Phi) is 8.00. The molecule has 27 heavy (non-hydrogen) atoms. The van der Waals surface area contributed by atoms with Crippen molar-refractivity contribution < 1.29 is 4.79 Å². The summed E-state index contributed by atoms with van der Waals surface area (Å²) in [7, 11) is 0. The molecule has 4 heteroatoms. The first-order chi connectivity index (χ1) is 13.3. The van der Waals surface area contributed by atoms with Gasteiger partial charge in [0.2, 0.25) is 0 Å². The number of carbonyl (C=O) groups excluding carboxylic acids is 1. The zero-order valence-corrected chi connectivity index (χ0v) is 17.0. The van der Waals surface area contributed by atoms with E-state index in [-0.39, 0.29) is 6.03 Å². The topological polar surface area (TPSA) is 35.6 Å². The smallest absolute Gasteiger partial charge is 0.317 e. The summed E-state index contributed by atoms with van der Waals surface area (Å²) in [5, 5.41) is 3.26. The highest BCUT2D eigenvalue weighted by molar-refractivity contribution is 5.74. The van der Waals surface area contributed by atoms with Crippen LogP contribution in [-0.4, -0.2) is 48.1 Å². The van der Waals surface area contributed by atoms with Crippen LogP contribution >= 0.6 is 0 Å². The molecule has 1 saturated heterocycles. The van der Waals surface area contributed by atoms with Crippen LogP contribution in [0.3, 0.4) is 0 Å². The van der Waals surface area contributed by atoms with Crippen molar-refractivity contribution in [3.63, 3.8) is 0 Å².